The molecule has 4 nitrogen and oxygen atoms in total. The summed E-state index contributed by atoms with van der Waals surface area (Å²) in [5.41, 5.74) is 1.48. The second-order valence-corrected chi connectivity index (χ2v) is 6.23. The lowest BCUT2D eigenvalue weighted by Crippen LogP contribution is -2.47. The summed E-state index contributed by atoms with van der Waals surface area (Å²) >= 11 is 0. The molecule has 0 spiro atoms. The van der Waals surface area contributed by atoms with Crippen molar-refractivity contribution in [1.29, 1.82) is 0 Å². The molecule has 2 fully saturated rings. The van der Waals surface area contributed by atoms with E-state index >= 15 is 0 Å². The van der Waals surface area contributed by atoms with Crippen molar-refractivity contribution in [3.63, 3.8) is 0 Å². The van der Waals surface area contributed by atoms with Crippen molar-refractivity contribution in [2.45, 2.75) is 26.3 Å². The fraction of sp³-hybridized carbons (Fsp3) is 0.600. The first-order chi connectivity index (χ1) is 9.01. The van der Waals surface area contributed by atoms with E-state index in [4.69, 9.17) is 0 Å². The van der Waals surface area contributed by atoms with Crippen LogP contribution in [0.5, 0.6) is 0 Å². The number of fused-ring (bicyclic) bond motifs is 1. The molecule has 2 aliphatic rings. The minimum absolute atomic E-state index is 0.0759. The van der Waals surface area contributed by atoms with Crippen LogP contribution in [-0.4, -0.2) is 41.0 Å². The van der Waals surface area contributed by atoms with Crippen LogP contribution in [0, 0.1) is 18.8 Å². The molecule has 0 saturated carbocycles. The van der Waals surface area contributed by atoms with E-state index in [0.717, 1.165) is 30.9 Å². The number of nitrogens with zero attached hydrogens (tertiary/aromatic N) is 2. The van der Waals surface area contributed by atoms with Crippen molar-refractivity contribution in [3.8, 4) is 0 Å². The highest BCUT2D eigenvalue weighted by atomic mass is 16.2. The molecule has 0 aromatic carbocycles. The Balaban J connectivity index is 1.91. The molecule has 19 heavy (non-hydrogen) atoms. The molecular weight excluding hydrogens is 238 g/mol. The highest BCUT2D eigenvalue weighted by Gasteiger charge is 2.51. The number of hydrogen-bond donors (Lipinski definition) is 1. The summed E-state index contributed by atoms with van der Waals surface area (Å²) in [6, 6.07) is 3.72. The largest absolute Gasteiger partial charge is 0.333 e. The van der Waals surface area contributed by atoms with Crippen molar-refractivity contribution >= 4 is 5.91 Å². The molecule has 4 heteroatoms. The van der Waals surface area contributed by atoms with Crippen LogP contribution < -0.4 is 5.32 Å². The molecule has 102 valence electrons. The van der Waals surface area contributed by atoms with Crippen molar-refractivity contribution in [2.24, 2.45) is 11.8 Å². The van der Waals surface area contributed by atoms with Crippen LogP contribution in [0.3, 0.4) is 0 Å². The average molecular weight is 259 g/mol. The first-order valence-electron chi connectivity index (χ1n) is 6.96. The van der Waals surface area contributed by atoms with Gasteiger partial charge in [0, 0.05) is 37.1 Å². The Labute approximate surface area is 114 Å². The van der Waals surface area contributed by atoms with Crippen LogP contribution in [0.25, 0.3) is 0 Å². The van der Waals surface area contributed by atoms with E-state index in [0.29, 0.717) is 11.8 Å². The van der Waals surface area contributed by atoms with Gasteiger partial charge in [-0.05, 0) is 44.7 Å². The molecule has 1 aromatic rings. The minimum atomic E-state index is -0.0759. The fourth-order valence-electron chi connectivity index (χ4n) is 3.62. The van der Waals surface area contributed by atoms with Gasteiger partial charge in [0.15, 0.2) is 0 Å². The standard InChI is InChI=1S/C15H21N3O/c1-10-12(5-4-6-17-10)14(19)18-9-11-7-16-8-13(11)15(18,2)3/h4-6,11,13,16H,7-9H2,1-3H3. The Morgan fingerprint density at radius 2 is 2.26 bits per heavy atom. The van der Waals surface area contributed by atoms with Gasteiger partial charge in [-0.3, -0.25) is 9.78 Å². The average Bonchev–Trinajstić information content (AvgIpc) is 2.92. The van der Waals surface area contributed by atoms with Crippen molar-refractivity contribution in [2.75, 3.05) is 19.6 Å². The number of aromatic nitrogens is 1. The number of pyridine rings is 1. The molecule has 3 heterocycles. The Bertz CT molecular complexity index is 512. The molecule has 1 N–H and O–H groups in total. The van der Waals surface area contributed by atoms with Crippen molar-refractivity contribution in [3.05, 3.63) is 29.6 Å². The van der Waals surface area contributed by atoms with Crippen LogP contribution in [-0.2, 0) is 0 Å². The van der Waals surface area contributed by atoms with Gasteiger partial charge < -0.3 is 10.2 Å². The van der Waals surface area contributed by atoms with Crippen LogP contribution in [0.2, 0.25) is 0 Å². The van der Waals surface area contributed by atoms with Crippen LogP contribution >= 0.6 is 0 Å². The van der Waals surface area contributed by atoms with E-state index in [1.54, 1.807) is 6.20 Å². The smallest absolute Gasteiger partial charge is 0.256 e. The molecule has 2 unspecified atom stereocenters. The second-order valence-electron chi connectivity index (χ2n) is 6.23. The summed E-state index contributed by atoms with van der Waals surface area (Å²) < 4.78 is 0. The van der Waals surface area contributed by atoms with E-state index in [-0.39, 0.29) is 11.4 Å². The van der Waals surface area contributed by atoms with E-state index in [1.807, 2.05) is 24.0 Å². The zero-order valence-electron chi connectivity index (χ0n) is 11.8. The van der Waals surface area contributed by atoms with Gasteiger partial charge in [0.25, 0.3) is 5.91 Å². The monoisotopic (exact) mass is 259 g/mol. The van der Waals surface area contributed by atoms with E-state index < -0.39 is 0 Å². The first kappa shape index (κ1) is 12.6. The molecule has 1 aromatic heterocycles. The van der Waals surface area contributed by atoms with E-state index in [9.17, 15) is 4.79 Å². The molecule has 3 rings (SSSR count). The highest BCUT2D eigenvalue weighted by Crippen LogP contribution is 2.41. The number of likely N-dealkylation sites (tertiary alicyclic amines) is 1. The molecular formula is C15H21N3O. The SMILES string of the molecule is Cc1ncccc1C(=O)N1CC2CNCC2C1(C)C. The summed E-state index contributed by atoms with van der Waals surface area (Å²) in [5, 5.41) is 3.44. The Kier molecular flexibility index (Phi) is 2.86. The summed E-state index contributed by atoms with van der Waals surface area (Å²) in [6.45, 7) is 9.19. The number of carbonyl (C=O) groups excluding carboxylic acids is 1. The lowest BCUT2D eigenvalue weighted by Gasteiger charge is -2.35. The fourth-order valence-corrected chi connectivity index (χ4v) is 3.62. The molecule has 2 atom stereocenters. The minimum Gasteiger partial charge on any atom is -0.333 e. The van der Waals surface area contributed by atoms with Crippen LogP contribution in [0.1, 0.15) is 29.9 Å². The zero-order valence-corrected chi connectivity index (χ0v) is 11.8. The van der Waals surface area contributed by atoms with Gasteiger partial charge in [0.2, 0.25) is 0 Å². The Hall–Kier alpha value is -1.42. The molecule has 2 aliphatic heterocycles. The lowest BCUT2D eigenvalue weighted by atomic mass is 9.84. The van der Waals surface area contributed by atoms with E-state index in [1.165, 1.54) is 0 Å². The molecule has 0 radical (unpaired) electrons. The third kappa shape index (κ3) is 1.86. The van der Waals surface area contributed by atoms with Gasteiger partial charge in [0.05, 0.1) is 5.56 Å². The number of hydrogen-bond acceptors (Lipinski definition) is 3. The van der Waals surface area contributed by atoms with Gasteiger partial charge >= 0.3 is 0 Å². The maximum Gasteiger partial charge on any atom is 0.256 e. The lowest BCUT2D eigenvalue weighted by molar-refractivity contribution is 0.0602. The molecule has 0 aliphatic carbocycles. The number of nitrogens with one attached hydrogen (secondary N) is 1. The number of rotatable bonds is 1. The number of carbonyl (C=O) groups is 1. The topological polar surface area (TPSA) is 45.2 Å². The molecule has 0 bridgehead atoms. The predicted molar refractivity (Wildman–Crippen MR) is 73.9 cm³/mol. The first-order valence-corrected chi connectivity index (χ1v) is 6.96. The molecule has 1 amide bonds. The van der Waals surface area contributed by atoms with Crippen molar-refractivity contribution < 1.29 is 4.79 Å². The Morgan fingerprint density at radius 1 is 1.47 bits per heavy atom. The summed E-state index contributed by atoms with van der Waals surface area (Å²) in [5.74, 6) is 1.29. The van der Waals surface area contributed by atoms with Crippen LogP contribution in [0.15, 0.2) is 18.3 Å². The van der Waals surface area contributed by atoms with Crippen molar-refractivity contribution in [1.82, 2.24) is 15.2 Å². The number of amides is 1. The number of aryl methyl sites for hydroxylation is 1. The van der Waals surface area contributed by atoms with Crippen LogP contribution in [0.4, 0.5) is 0 Å². The van der Waals surface area contributed by atoms with Gasteiger partial charge in [0.1, 0.15) is 0 Å². The summed E-state index contributed by atoms with van der Waals surface area (Å²) in [4.78, 5) is 19.1. The van der Waals surface area contributed by atoms with Gasteiger partial charge in [-0.1, -0.05) is 0 Å². The van der Waals surface area contributed by atoms with E-state index in [2.05, 4.69) is 24.1 Å². The molecule has 2 saturated heterocycles. The second kappa shape index (κ2) is 4.30. The van der Waals surface area contributed by atoms with Gasteiger partial charge in [-0.2, -0.15) is 0 Å². The van der Waals surface area contributed by atoms with Gasteiger partial charge in [-0.15, -0.1) is 0 Å². The quantitative estimate of drug-likeness (QED) is 0.830. The summed E-state index contributed by atoms with van der Waals surface area (Å²) in [7, 11) is 0. The zero-order chi connectivity index (χ0) is 13.6. The third-order valence-corrected chi connectivity index (χ3v) is 4.84. The summed E-state index contributed by atoms with van der Waals surface area (Å²) in [6.07, 6.45) is 1.74. The maximum atomic E-state index is 12.8. The van der Waals surface area contributed by atoms with Gasteiger partial charge in [-0.25, -0.2) is 0 Å². The highest BCUT2D eigenvalue weighted by molar-refractivity contribution is 5.96. The normalized spacial score (nSPS) is 28.5. The Morgan fingerprint density at radius 3 is 2.95 bits per heavy atom. The third-order valence-electron chi connectivity index (χ3n) is 4.84. The maximum absolute atomic E-state index is 12.8. The predicted octanol–water partition coefficient (Wildman–Crippen LogP) is 1.46.